The van der Waals surface area contributed by atoms with Crippen molar-refractivity contribution >= 4 is 112 Å². The molecule has 0 fully saturated rings. The molecule has 7 aromatic rings. The maximum Gasteiger partial charge on any atom is 0.295 e. The van der Waals surface area contributed by atoms with Crippen LogP contribution in [0.1, 0.15) is 46.1 Å². The van der Waals surface area contributed by atoms with E-state index in [-0.39, 0.29) is 15.7 Å². The van der Waals surface area contributed by atoms with E-state index in [4.69, 9.17) is 31.0 Å². The fraction of sp³-hybridized carbons (Fsp3) is 0.220. The predicted octanol–water partition coefficient (Wildman–Crippen LogP) is 9.61. The zero-order valence-electron chi connectivity index (χ0n) is 39.1. The summed E-state index contributed by atoms with van der Waals surface area (Å²) in [6.07, 6.45) is 5.08. The van der Waals surface area contributed by atoms with Crippen LogP contribution in [0.5, 0.6) is 0 Å². The number of hydrogen-bond donors (Lipinski definition) is 6. The number of hydrogen-bond acceptors (Lipinski definition) is 16. The van der Waals surface area contributed by atoms with Crippen molar-refractivity contribution in [2.24, 2.45) is 10.2 Å². The van der Waals surface area contributed by atoms with Crippen molar-refractivity contribution < 1.29 is 25.9 Å². The summed E-state index contributed by atoms with van der Waals surface area (Å²) < 4.78 is 65.3. The lowest BCUT2D eigenvalue weighted by atomic mass is 10.1. The third-order valence-electron chi connectivity index (χ3n) is 11.4. The van der Waals surface area contributed by atoms with Gasteiger partial charge in [0.15, 0.2) is 5.16 Å². The lowest BCUT2D eigenvalue weighted by Crippen LogP contribution is -2.32. The van der Waals surface area contributed by atoms with Crippen molar-refractivity contribution in [2.75, 3.05) is 58.1 Å². The minimum absolute atomic E-state index is 0.118. The number of azo groups is 1. The summed E-state index contributed by atoms with van der Waals surface area (Å²) >= 11 is 1.49. The predicted molar refractivity (Wildman–Crippen MR) is 283 cm³/mol. The molecule has 0 saturated carbocycles. The smallest absolute Gasteiger partial charge is 0.295 e. The van der Waals surface area contributed by atoms with E-state index in [9.17, 15) is 21.4 Å². The molecule has 0 spiro atoms. The zero-order valence-corrected chi connectivity index (χ0v) is 41.6. The summed E-state index contributed by atoms with van der Waals surface area (Å²) in [4.78, 5) is 18.6. The molecule has 0 saturated heterocycles. The molecule has 0 amide bonds. The standard InChI is InChI=1S/C40H46N10O3S2.C10H9NO3S/c1-5-49(6-2)28-18-20-32(41)35(24-28)42-38-44-39(46-40(45-38)54-26-27-14-10-9-11-15-27)43-36-25-29(50(7-3)8-4)19-21-34(36)48-47-33-22-23-37(55(51,52)53)31-17-13-12-16-30(31)33;11-9-5-6-10(15(12,13)14)8-4-2-1-3-7(8)9/h9-11,14-25H,5-8,12-13,26,41H2,1-4H3,(H,51,52,53)(H2,42,43,44,45,46);1-6H,11H2,(H,12,13,14). The number of anilines is 8. The zero-order chi connectivity index (χ0) is 50.0. The van der Waals surface area contributed by atoms with Gasteiger partial charge in [0.1, 0.15) is 15.5 Å². The van der Waals surface area contributed by atoms with E-state index in [2.05, 4.69) is 70.5 Å². The molecule has 0 aliphatic heterocycles. The van der Waals surface area contributed by atoms with Gasteiger partial charge >= 0.3 is 0 Å². The topological polar surface area (TPSA) is 255 Å². The fourth-order valence-electron chi connectivity index (χ4n) is 7.86. The van der Waals surface area contributed by atoms with Crippen LogP contribution in [0.25, 0.3) is 22.9 Å². The van der Waals surface area contributed by atoms with Gasteiger partial charge in [-0.25, -0.2) is 0 Å². The minimum atomic E-state index is -4.42. The van der Waals surface area contributed by atoms with Gasteiger partial charge in [0.2, 0.25) is 11.9 Å². The van der Waals surface area contributed by atoms with Crippen LogP contribution in [0.2, 0.25) is 0 Å². The van der Waals surface area contributed by atoms with Gasteiger partial charge in [-0.05, 0) is 107 Å². The summed E-state index contributed by atoms with van der Waals surface area (Å²) in [7, 11) is -8.62. The normalized spacial score (nSPS) is 12.3. The number of nitrogens with two attached hydrogens (primary N) is 2. The Hall–Kier alpha value is -7.10. The Bertz CT molecular complexity index is 3390. The summed E-state index contributed by atoms with van der Waals surface area (Å²) in [6.45, 7) is 11.7. The van der Waals surface area contributed by atoms with Gasteiger partial charge in [0.25, 0.3) is 20.2 Å². The molecule has 0 bridgehead atoms. The fourth-order valence-corrected chi connectivity index (χ4v) is 10.1. The van der Waals surface area contributed by atoms with E-state index >= 15 is 0 Å². The number of aromatic nitrogens is 3. The van der Waals surface area contributed by atoms with E-state index in [1.807, 2.05) is 60.7 Å². The number of nitrogens with zero attached hydrogens (tertiary/aromatic N) is 7. The van der Waals surface area contributed by atoms with Crippen LogP contribution in [0, 0.1) is 0 Å². The molecule has 0 unspecified atom stereocenters. The summed E-state index contributed by atoms with van der Waals surface area (Å²) in [6, 6.07) is 34.3. The molecule has 8 N–H and O–H groups in total. The van der Waals surface area contributed by atoms with Crippen LogP contribution in [0.15, 0.2) is 140 Å². The van der Waals surface area contributed by atoms with Gasteiger partial charge in [-0.15, -0.1) is 10.2 Å². The van der Waals surface area contributed by atoms with Crippen LogP contribution in [0.3, 0.4) is 0 Å². The lowest BCUT2D eigenvalue weighted by Gasteiger charge is -2.22. The van der Waals surface area contributed by atoms with Gasteiger partial charge in [0.05, 0.1) is 22.7 Å². The largest absolute Gasteiger partial charge is 0.398 e. The van der Waals surface area contributed by atoms with Crippen LogP contribution in [0.4, 0.5) is 57.4 Å². The molecule has 70 heavy (non-hydrogen) atoms. The van der Waals surface area contributed by atoms with E-state index in [0.29, 0.717) is 85.0 Å². The van der Waals surface area contributed by atoms with Gasteiger partial charge in [0, 0.05) is 70.2 Å². The van der Waals surface area contributed by atoms with Crippen molar-refractivity contribution in [3.63, 3.8) is 0 Å². The average Bonchev–Trinajstić information content (AvgIpc) is 3.34. The Morgan fingerprint density at radius 1 is 0.586 bits per heavy atom. The van der Waals surface area contributed by atoms with Crippen molar-refractivity contribution in [1.29, 1.82) is 0 Å². The van der Waals surface area contributed by atoms with Gasteiger partial charge in [-0.2, -0.15) is 31.8 Å². The second-order valence-electron chi connectivity index (χ2n) is 15.9. The first-order valence-corrected chi connectivity index (χ1v) is 26.4. The van der Waals surface area contributed by atoms with E-state index in [1.165, 1.54) is 30.0 Å². The third-order valence-corrected chi connectivity index (χ3v) is 14.2. The molecule has 17 nitrogen and oxygen atoms in total. The van der Waals surface area contributed by atoms with Crippen molar-refractivity contribution in [1.82, 2.24) is 15.0 Å². The molecule has 6 aromatic carbocycles. The summed E-state index contributed by atoms with van der Waals surface area (Å²) in [5.41, 5.74) is 18.6. The molecule has 20 heteroatoms. The monoisotopic (exact) mass is 1000 g/mol. The Balaban J connectivity index is 0.000000408. The van der Waals surface area contributed by atoms with Crippen LogP contribution in [-0.4, -0.2) is 67.1 Å². The first-order valence-electron chi connectivity index (χ1n) is 22.6. The quantitative estimate of drug-likeness (QED) is 0.0215. The molecular weight excluding hydrogens is 947 g/mol. The molecular formula is C50H55N11O6S3. The van der Waals surface area contributed by atoms with Crippen molar-refractivity contribution in [2.45, 2.75) is 61.2 Å². The van der Waals surface area contributed by atoms with Gasteiger partial charge < -0.3 is 31.9 Å². The van der Waals surface area contributed by atoms with E-state index < -0.39 is 20.2 Å². The number of rotatable bonds is 17. The summed E-state index contributed by atoms with van der Waals surface area (Å²) in [5.74, 6) is 1.25. The van der Waals surface area contributed by atoms with E-state index in [1.54, 1.807) is 36.4 Å². The molecule has 364 valence electrons. The van der Waals surface area contributed by atoms with Crippen LogP contribution in [-0.2, 0) is 26.0 Å². The third kappa shape index (κ3) is 12.4. The number of nitrogen functional groups attached to an aromatic ring is 2. The molecule has 1 aliphatic rings. The summed E-state index contributed by atoms with van der Waals surface area (Å²) in [5, 5.41) is 18.6. The Morgan fingerprint density at radius 2 is 1.10 bits per heavy atom. The molecule has 1 heterocycles. The van der Waals surface area contributed by atoms with Crippen molar-refractivity contribution in [3.05, 3.63) is 131 Å². The molecule has 0 radical (unpaired) electrons. The maximum absolute atomic E-state index is 12.1. The number of fused-ring (bicyclic) bond motifs is 2. The average molecular weight is 1000 g/mol. The van der Waals surface area contributed by atoms with Crippen molar-refractivity contribution in [3.8, 4) is 0 Å². The first-order chi connectivity index (χ1) is 33.6. The molecule has 1 aliphatic carbocycles. The van der Waals surface area contributed by atoms with Gasteiger partial charge in [-0.1, -0.05) is 78.5 Å². The highest BCUT2D eigenvalue weighted by Gasteiger charge is 2.18. The lowest BCUT2D eigenvalue weighted by molar-refractivity contribution is 0.481. The number of benzene rings is 6. The van der Waals surface area contributed by atoms with Crippen LogP contribution < -0.4 is 42.3 Å². The minimum Gasteiger partial charge on any atom is -0.398 e. The second kappa shape index (κ2) is 22.5. The first kappa shape index (κ1) is 50.8. The Labute approximate surface area is 412 Å². The van der Waals surface area contributed by atoms with E-state index in [0.717, 1.165) is 43.1 Å². The maximum atomic E-state index is 12.1. The molecule has 1 aromatic heterocycles. The SMILES string of the molecule is CCN(CC)c1ccc(N)c(Nc2nc(Nc3cc(N(CC)CC)ccc3N=Nc3ccc(S(=O)(=O)O)c4c3=CCCC=4)nc(SCc3ccccc3)n2)c1.Nc1ccc(S(=O)(=O)O)c2ccccc12. The van der Waals surface area contributed by atoms with Crippen LogP contribution >= 0.6 is 11.8 Å². The Morgan fingerprint density at radius 3 is 1.73 bits per heavy atom. The second-order valence-corrected chi connectivity index (χ2v) is 19.6. The number of nitrogens with one attached hydrogen (secondary N) is 2. The molecule has 0 atom stereocenters. The highest BCUT2D eigenvalue weighted by atomic mass is 32.2. The van der Waals surface area contributed by atoms with Gasteiger partial charge in [-0.3, -0.25) is 9.11 Å². The molecule has 8 rings (SSSR count). The number of thioether (sulfide) groups is 1. The Kier molecular flexibility index (Phi) is 16.4. The highest BCUT2D eigenvalue weighted by molar-refractivity contribution is 7.98. The highest BCUT2D eigenvalue weighted by Crippen LogP contribution is 2.35.